The summed E-state index contributed by atoms with van der Waals surface area (Å²) in [6, 6.07) is 1.38. The number of hydrogen-bond acceptors (Lipinski definition) is 1. The SMILES string of the molecule is CC(CC[Si](C)(C)C)c1ncc[nH]1. The highest BCUT2D eigenvalue weighted by Crippen LogP contribution is 2.21. The van der Waals surface area contributed by atoms with Crippen molar-refractivity contribution in [2.24, 2.45) is 0 Å². The summed E-state index contributed by atoms with van der Waals surface area (Å²) in [5.41, 5.74) is 0. The maximum Gasteiger partial charge on any atom is 0.108 e. The van der Waals surface area contributed by atoms with Crippen molar-refractivity contribution in [3.8, 4) is 0 Å². The van der Waals surface area contributed by atoms with E-state index < -0.39 is 8.07 Å². The van der Waals surface area contributed by atoms with E-state index in [1.54, 1.807) is 0 Å². The Morgan fingerprint density at radius 3 is 2.62 bits per heavy atom. The van der Waals surface area contributed by atoms with Gasteiger partial charge >= 0.3 is 0 Å². The molecule has 0 fully saturated rings. The lowest BCUT2D eigenvalue weighted by Gasteiger charge is -2.17. The molecule has 0 spiro atoms. The summed E-state index contributed by atoms with van der Waals surface area (Å²) in [6.45, 7) is 9.50. The molecule has 1 heterocycles. The lowest BCUT2D eigenvalue weighted by Crippen LogP contribution is -2.19. The molecule has 1 aromatic rings. The first-order valence-electron chi connectivity index (χ1n) is 4.98. The molecule has 0 saturated heterocycles. The van der Waals surface area contributed by atoms with Crippen molar-refractivity contribution in [3.63, 3.8) is 0 Å². The van der Waals surface area contributed by atoms with Gasteiger partial charge in [-0.2, -0.15) is 0 Å². The Morgan fingerprint density at radius 2 is 2.15 bits per heavy atom. The Balaban J connectivity index is 2.39. The molecule has 0 saturated carbocycles. The van der Waals surface area contributed by atoms with Crippen molar-refractivity contribution in [3.05, 3.63) is 18.2 Å². The third kappa shape index (κ3) is 3.76. The van der Waals surface area contributed by atoms with Gasteiger partial charge in [0.05, 0.1) is 0 Å². The second kappa shape index (κ2) is 4.09. The number of nitrogens with one attached hydrogen (secondary N) is 1. The Bertz CT molecular complexity index is 236. The number of nitrogens with zero attached hydrogens (tertiary/aromatic N) is 1. The van der Waals surface area contributed by atoms with Crippen LogP contribution in [-0.2, 0) is 0 Å². The Hall–Kier alpha value is -0.573. The van der Waals surface area contributed by atoms with Crippen LogP contribution in [0.3, 0.4) is 0 Å². The highest BCUT2D eigenvalue weighted by atomic mass is 28.3. The second-order valence-electron chi connectivity index (χ2n) is 4.97. The fourth-order valence-electron chi connectivity index (χ4n) is 1.33. The molecule has 1 aromatic heterocycles. The van der Waals surface area contributed by atoms with E-state index in [1.807, 2.05) is 12.4 Å². The maximum absolute atomic E-state index is 4.28. The van der Waals surface area contributed by atoms with Crippen LogP contribution >= 0.6 is 0 Å². The Labute approximate surface area is 81.8 Å². The summed E-state index contributed by atoms with van der Waals surface area (Å²) < 4.78 is 0. The Kier molecular flexibility index (Phi) is 3.31. The molecule has 2 nitrogen and oxygen atoms in total. The van der Waals surface area contributed by atoms with E-state index in [-0.39, 0.29) is 0 Å². The molecule has 0 aliphatic carbocycles. The van der Waals surface area contributed by atoms with Gasteiger partial charge in [-0.3, -0.25) is 0 Å². The fraction of sp³-hybridized carbons (Fsp3) is 0.700. The van der Waals surface area contributed by atoms with Crippen LogP contribution in [0.4, 0.5) is 0 Å². The lowest BCUT2D eigenvalue weighted by molar-refractivity contribution is 0.682. The molecule has 0 bridgehead atoms. The van der Waals surface area contributed by atoms with Crippen LogP contribution in [0, 0.1) is 0 Å². The van der Waals surface area contributed by atoms with E-state index in [0.717, 1.165) is 5.82 Å². The van der Waals surface area contributed by atoms with Gasteiger partial charge < -0.3 is 4.98 Å². The van der Waals surface area contributed by atoms with Gasteiger partial charge in [-0.25, -0.2) is 4.98 Å². The van der Waals surface area contributed by atoms with Crippen molar-refractivity contribution in [2.45, 2.75) is 44.9 Å². The molecular formula is C10H20N2Si. The number of aromatic amines is 1. The van der Waals surface area contributed by atoms with E-state index in [0.29, 0.717) is 5.92 Å². The van der Waals surface area contributed by atoms with Gasteiger partial charge in [0.2, 0.25) is 0 Å². The molecule has 0 aliphatic heterocycles. The normalized spacial score (nSPS) is 14.5. The minimum atomic E-state index is -0.874. The number of hydrogen-bond donors (Lipinski definition) is 1. The summed E-state index contributed by atoms with van der Waals surface area (Å²) in [5.74, 6) is 1.72. The van der Waals surface area contributed by atoms with E-state index >= 15 is 0 Å². The number of aromatic nitrogens is 2. The van der Waals surface area contributed by atoms with Crippen LogP contribution in [0.1, 0.15) is 25.1 Å². The highest BCUT2D eigenvalue weighted by molar-refractivity contribution is 6.76. The maximum atomic E-state index is 4.28. The quantitative estimate of drug-likeness (QED) is 0.736. The topological polar surface area (TPSA) is 28.7 Å². The molecule has 0 aliphatic rings. The van der Waals surface area contributed by atoms with Crippen molar-refractivity contribution in [2.75, 3.05) is 0 Å². The summed E-state index contributed by atoms with van der Waals surface area (Å²) >= 11 is 0. The highest BCUT2D eigenvalue weighted by Gasteiger charge is 2.16. The largest absolute Gasteiger partial charge is 0.348 e. The van der Waals surface area contributed by atoms with Crippen LogP contribution in [0.15, 0.2) is 12.4 Å². The van der Waals surface area contributed by atoms with Gasteiger partial charge in [-0.15, -0.1) is 0 Å². The standard InChI is InChI=1S/C10H20N2Si/c1-9(5-8-13(2,3)4)10-11-6-7-12-10/h6-7,9H,5,8H2,1-4H3,(H,11,12). The molecule has 1 unspecified atom stereocenters. The van der Waals surface area contributed by atoms with Crippen LogP contribution in [0.25, 0.3) is 0 Å². The predicted octanol–water partition coefficient (Wildman–Crippen LogP) is 3.24. The third-order valence-corrected chi connectivity index (χ3v) is 4.10. The number of H-pyrrole nitrogens is 1. The lowest BCUT2D eigenvalue weighted by atomic mass is 10.1. The Morgan fingerprint density at radius 1 is 1.46 bits per heavy atom. The monoisotopic (exact) mass is 196 g/mol. The van der Waals surface area contributed by atoms with Crippen LogP contribution in [0.5, 0.6) is 0 Å². The van der Waals surface area contributed by atoms with Crippen LogP contribution in [0.2, 0.25) is 25.7 Å². The van der Waals surface area contributed by atoms with Gasteiger partial charge in [0.15, 0.2) is 0 Å². The average molecular weight is 196 g/mol. The second-order valence-corrected chi connectivity index (χ2v) is 10.6. The van der Waals surface area contributed by atoms with Crippen LogP contribution < -0.4 is 0 Å². The minimum Gasteiger partial charge on any atom is -0.348 e. The van der Waals surface area contributed by atoms with Crippen molar-refractivity contribution in [1.29, 1.82) is 0 Å². The summed E-state index contributed by atoms with van der Waals surface area (Å²) in [4.78, 5) is 7.45. The van der Waals surface area contributed by atoms with E-state index in [4.69, 9.17) is 0 Å². The molecule has 3 heteroatoms. The number of imidazole rings is 1. The first-order valence-corrected chi connectivity index (χ1v) is 8.69. The van der Waals surface area contributed by atoms with Crippen molar-refractivity contribution >= 4 is 8.07 Å². The van der Waals surface area contributed by atoms with Gasteiger partial charge in [0.25, 0.3) is 0 Å². The van der Waals surface area contributed by atoms with Gasteiger partial charge in [0, 0.05) is 26.4 Å². The molecule has 1 rings (SSSR count). The van der Waals surface area contributed by atoms with Gasteiger partial charge in [-0.05, 0) is 6.42 Å². The first kappa shape index (κ1) is 10.5. The molecular weight excluding hydrogens is 176 g/mol. The molecule has 0 radical (unpaired) electrons. The summed E-state index contributed by atoms with van der Waals surface area (Å²) in [6.07, 6.45) is 5.00. The summed E-state index contributed by atoms with van der Waals surface area (Å²) in [5, 5.41) is 0. The zero-order chi connectivity index (χ0) is 9.90. The van der Waals surface area contributed by atoms with Crippen LogP contribution in [-0.4, -0.2) is 18.0 Å². The molecule has 1 atom stereocenters. The average Bonchev–Trinajstić information content (AvgIpc) is 2.50. The summed E-state index contributed by atoms with van der Waals surface area (Å²) in [7, 11) is -0.874. The zero-order valence-corrected chi connectivity index (χ0v) is 10.1. The zero-order valence-electron chi connectivity index (χ0n) is 9.09. The van der Waals surface area contributed by atoms with Crippen molar-refractivity contribution < 1.29 is 0 Å². The molecule has 74 valence electrons. The molecule has 0 amide bonds. The smallest absolute Gasteiger partial charge is 0.108 e. The predicted molar refractivity (Wildman–Crippen MR) is 59.8 cm³/mol. The van der Waals surface area contributed by atoms with E-state index in [2.05, 4.69) is 36.5 Å². The molecule has 0 aromatic carbocycles. The first-order chi connectivity index (χ1) is 5.99. The minimum absolute atomic E-state index is 0.585. The van der Waals surface area contributed by atoms with Gasteiger partial charge in [0.1, 0.15) is 5.82 Å². The van der Waals surface area contributed by atoms with E-state index in [1.165, 1.54) is 12.5 Å². The van der Waals surface area contributed by atoms with Crippen molar-refractivity contribution in [1.82, 2.24) is 9.97 Å². The third-order valence-electron chi connectivity index (χ3n) is 2.31. The number of rotatable bonds is 4. The fourth-order valence-corrected chi connectivity index (χ4v) is 2.63. The molecule has 1 N–H and O–H groups in total. The molecule has 13 heavy (non-hydrogen) atoms. The van der Waals surface area contributed by atoms with E-state index in [9.17, 15) is 0 Å². The van der Waals surface area contributed by atoms with Gasteiger partial charge in [-0.1, -0.05) is 32.6 Å².